The number of urea groups is 1. The van der Waals surface area contributed by atoms with Gasteiger partial charge in [0.05, 0.1) is 6.54 Å². The molecule has 1 aliphatic heterocycles. The van der Waals surface area contributed by atoms with Gasteiger partial charge < -0.3 is 14.9 Å². The molecule has 0 aromatic heterocycles. The molecule has 2 atom stereocenters. The summed E-state index contributed by atoms with van der Waals surface area (Å²) in [6.07, 6.45) is 6.11. The van der Waals surface area contributed by atoms with Crippen LogP contribution in [0.5, 0.6) is 0 Å². The second-order valence-electron chi connectivity index (χ2n) is 4.93. The number of aliphatic carboxylic acids is 1. The Morgan fingerprint density at radius 2 is 2.11 bits per heavy atom. The number of carbonyl (C=O) groups is 2. The third-order valence-corrected chi connectivity index (χ3v) is 3.48. The van der Waals surface area contributed by atoms with Gasteiger partial charge in [0.15, 0.2) is 0 Å². The Balaban J connectivity index is 2.65. The number of amides is 2. The number of rotatable bonds is 3. The summed E-state index contributed by atoms with van der Waals surface area (Å²) in [5.41, 5.74) is 0. The van der Waals surface area contributed by atoms with Gasteiger partial charge in [-0.25, -0.2) is 4.79 Å². The minimum atomic E-state index is -1.04. The highest BCUT2D eigenvalue weighted by Gasteiger charge is 2.29. The van der Waals surface area contributed by atoms with Crippen LogP contribution >= 0.6 is 0 Å². The summed E-state index contributed by atoms with van der Waals surface area (Å²) in [6.45, 7) is 5.30. The van der Waals surface area contributed by atoms with E-state index in [0.717, 1.165) is 6.42 Å². The van der Waals surface area contributed by atoms with Gasteiger partial charge in [-0.3, -0.25) is 4.79 Å². The van der Waals surface area contributed by atoms with Crippen LogP contribution in [0.4, 0.5) is 4.79 Å². The molecule has 1 rings (SSSR count). The van der Waals surface area contributed by atoms with E-state index < -0.39 is 5.97 Å². The summed E-state index contributed by atoms with van der Waals surface area (Å²) in [5, 5.41) is 8.77. The molecular formula is C13H20N2O3. The van der Waals surface area contributed by atoms with Crippen LogP contribution in [0.2, 0.25) is 0 Å². The highest BCUT2D eigenvalue weighted by atomic mass is 16.4. The molecule has 2 unspecified atom stereocenters. The lowest BCUT2D eigenvalue weighted by Gasteiger charge is -2.37. The van der Waals surface area contributed by atoms with Gasteiger partial charge >= 0.3 is 12.0 Å². The second kappa shape index (κ2) is 6.29. The molecule has 2 amide bonds. The average Bonchev–Trinajstić information content (AvgIpc) is 2.31. The summed E-state index contributed by atoms with van der Waals surface area (Å²) >= 11 is 0. The highest BCUT2D eigenvalue weighted by molar-refractivity contribution is 5.80. The molecule has 100 valence electrons. The lowest BCUT2D eigenvalue weighted by Crippen LogP contribution is -2.50. The molecule has 0 aromatic carbocycles. The molecule has 1 heterocycles. The Morgan fingerprint density at radius 1 is 1.44 bits per heavy atom. The largest absolute Gasteiger partial charge is 0.480 e. The Labute approximate surface area is 108 Å². The summed E-state index contributed by atoms with van der Waals surface area (Å²) in [5.74, 6) is 2.31. The first kappa shape index (κ1) is 14.4. The maximum Gasteiger partial charge on any atom is 0.323 e. The standard InChI is InChI=1S/C13H20N2O3/c1-4-6-14(9-12(16)17)13(18)15-7-5-10(2)11(3)8-15/h1,10-11H,5-9H2,2-3H3,(H,16,17). The zero-order valence-corrected chi connectivity index (χ0v) is 10.9. The van der Waals surface area contributed by atoms with Gasteiger partial charge in [0.25, 0.3) is 0 Å². The van der Waals surface area contributed by atoms with Crippen LogP contribution in [0.25, 0.3) is 0 Å². The molecule has 0 bridgehead atoms. The number of carboxylic acid groups (broad SMARTS) is 1. The van der Waals surface area contributed by atoms with Gasteiger partial charge in [0.2, 0.25) is 0 Å². The third-order valence-electron chi connectivity index (χ3n) is 3.48. The van der Waals surface area contributed by atoms with E-state index >= 15 is 0 Å². The van der Waals surface area contributed by atoms with Gasteiger partial charge in [-0.05, 0) is 18.3 Å². The molecule has 0 spiro atoms. The van der Waals surface area contributed by atoms with Crippen LogP contribution < -0.4 is 0 Å². The molecule has 0 aliphatic carbocycles. The van der Waals surface area contributed by atoms with Crippen molar-refractivity contribution in [2.45, 2.75) is 20.3 Å². The van der Waals surface area contributed by atoms with Gasteiger partial charge in [-0.1, -0.05) is 19.8 Å². The maximum absolute atomic E-state index is 12.2. The molecule has 0 aromatic rings. The Bertz CT molecular complexity index is 362. The van der Waals surface area contributed by atoms with Crippen molar-refractivity contribution in [3.63, 3.8) is 0 Å². The third kappa shape index (κ3) is 3.66. The topological polar surface area (TPSA) is 60.9 Å². The molecule has 1 aliphatic rings. The van der Waals surface area contributed by atoms with Crippen molar-refractivity contribution >= 4 is 12.0 Å². The van der Waals surface area contributed by atoms with Crippen molar-refractivity contribution in [1.82, 2.24) is 9.80 Å². The Hall–Kier alpha value is -1.70. The number of nitrogens with zero attached hydrogens (tertiary/aromatic N) is 2. The monoisotopic (exact) mass is 252 g/mol. The van der Waals surface area contributed by atoms with Crippen molar-refractivity contribution in [3.05, 3.63) is 0 Å². The van der Waals surface area contributed by atoms with Crippen LogP contribution in [-0.4, -0.2) is 53.1 Å². The van der Waals surface area contributed by atoms with Crippen molar-refractivity contribution in [2.24, 2.45) is 11.8 Å². The number of hydrogen-bond donors (Lipinski definition) is 1. The predicted molar refractivity (Wildman–Crippen MR) is 68.0 cm³/mol. The van der Waals surface area contributed by atoms with Gasteiger partial charge in [-0.2, -0.15) is 0 Å². The Morgan fingerprint density at radius 3 is 2.61 bits per heavy atom. The number of carbonyl (C=O) groups excluding carboxylic acids is 1. The molecule has 18 heavy (non-hydrogen) atoms. The fraction of sp³-hybridized carbons (Fsp3) is 0.692. The molecule has 1 fully saturated rings. The molecular weight excluding hydrogens is 232 g/mol. The van der Waals surface area contributed by atoms with E-state index in [2.05, 4.69) is 19.8 Å². The number of terminal acetylenes is 1. The zero-order valence-electron chi connectivity index (χ0n) is 10.9. The maximum atomic E-state index is 12.2. The molecule has 0 radical (unpaired) electrons. The van der Waals surface area contributed by atoms with Crippen LogP contribution in [-0.2, 0) is 4.79 Å². The predicted octanol–water partition coefficient (Wildman–Crippen LogP) is 1.10. The summed E-state index contributed by atoms with van der Waals surface area (Å²) < 4.78 is 0. The Kier molecular flexibility index (Phi) is 5.02. The zero-order chi connectivity index (χ0) is 13.7. The molecule has 0 saturated carbocycles. The number of piperidine rings is 1. The van der Waals surface area contributed by atoms with E-state index in [1.54, 1.807) is 4.90 Å². The quantitative estimate of drug-likeness (QED) is 0.765. The van der Waals surface area contributed by atoms with Crippen LogP contribution in [0.1, 0.15) is 20.3 Å². The van der Waals surface area contributed by atoms with E-state index in [1.165, 1.54) is 4.90 Å². The SMILES string of the molecule is C#CCN(CC(=O)O)C(=O)N1CCC(C)C(C)C1. The van der Waals surface area contributed by atoms with Gasteiger partial charge in [0, 0.05) is 13.1 Å². The van der Waals surface area contributed by atoms with Crippen molar-refractivity contribution in [2.75, 3.05) is 26.2 Å². The minimum absolute atomic E-state index is 0.0333. The lowest BCUT2D eigenvalue weighted by molar-refractivity contribution is -0.137. The van der Waals surface area contributed by atoms with Crippen molar-refractivity contribution in [1.29, 1.82) is 0 Å². The molecule has 1 N–H and O–H groups in total. The summed E-state index contributed by atoms with van der Waals surface area (Å²) in [6, 6.07) is -0.269. The fourth-order valence-electron chi connectivity index (χ4n) is 2.10. The average molecular weight is 252 g/mol. The van der Waals surface area contributed by atoms with Gasteiger partial charge in [-0.15, -0.1) is 6.42 Å². The molecule has 5 heteroatoms. The summed E-state index contributed by atoms with van der Waals surface area (Å²) in [7, 11) is 0. The van der Waals surface area contributed by atoms with E-state index in [1.807, 2.05) is 0 Å². The normalized spacial score (nSPS) is 23.3. The first-order chi connectivity index (χ1) is 8.45. The molecule has 1 saturated heterocycles. The fourth-order valence-corrected chi connectivity index (χ4v) is 2.10. The van der Waals surface area contributed by atoms with Crippen LogP contribution in [0.15, 0.2) is 0 Å². The first-order valence-electron chi connectivity index (χ1n) is 6.14. The number of likely N-dealkylation sites (tertiary alicyclic amines) is 1. The van der Waals surface area contributed by atoms with Crippen molar-refractivity contribution in [3.8, 4) is 12.3 Å². The second-order valence-corrected chi connectivity index (χ2v) is 4.93. The first-order valence-corrected chi connectivity index (χ1v) is 6.14. The van der Waals surface area contributed by atoms with Crippen LogP contribution in [0.3, 0.4) is 0 Å². The highest BCUT2D eigenvalue weighted by Crippen LogP contribution is 2.23. The van der Waals surface area contributed by atoms with E-state index in [0.29, 0.717) is 24.9 Å². The minimum Gasteiger partial charge on any atom is -0.480 e. The lowest BCUT2D eigenvalue weighted by atomic mass is 9.89. The number of carboxylic acids is 1. The van der Waals surface area contributed by atoms with E-state index in [4.69, 9.17) is 11.5 Å². The summed E-state index contributed by atoms with van der Waals surface area (Å²) in [4.78, 5) is 25.8. The molecule has 5 nitrogen and oxygen atoms in total. The smallest absolute Gasteiger partial charge is 0.323 e. The van der Waals surface area contributed by atoms with Crippen LogP contribution in [0, 0.1) is 24.2 Å². The van der Waals surface area contributed by atoms with Crippen molar-refractivity contribution < 1.29 is 14.7 Å². The van der Waals surface area contributed by atoms with E-state index in [-0.39, 0.29) is 19.1 Å². The number of hydrogen-bond acceptors (Lipinski definition) is 2. The van der Waals surface area contributed by atoms with E-state index in [9.17, 15) is 9.59 Å². The van der Waals surface area contributed by atoms with Gasteiger partial charge in [0.1, 0.15) is 6.54 Å².